The molecule has 0 aliphatic carbocycles. The van der Waals surface area contributed by atoms with E-state index in [2.05, 4.69) is 38.9 Å². The van der Waals surface area contributed by atoms with Gasteiger partial charge in [0.15, 0.2) is 0 Å². The lowest BCUT2D eigenvalue weighted by Crippen LogP contribution is -2.39. The third kappa shape index (κ3) is 4.85. The molecular formula is C24H25N3O3S. The predicted octanol–water partition coefficient (Wildman–Crippen LogP) is 3.67. The number of rotatable bonds is 8. The van der Waals surface area contributed by atoms with Crippen molar-refractivity contribution in [3.8, 4) is 0 Å². The molecule has 1 heterocycles. The Labute approximate surface area is 182 Å². The summed E-state index contributed by atoms with van der Waals surface area (Å²) in [6.07, 6.45) is 0.562. The first-order chi connectivity index (χ1) is 15.1. The van der Waals surface area contributed by atoms with Crippen molar-refractivity contribution >= 4 is 21.5 Å². The lowest BCUT2D eigenvalue weighted by molar-refractivity contribution is 0.214. The molecule has 3 aromatic rings. The van der Waals surface area contributed by atoms with Gasteiger partial charge in [-0.2, -0.15) is 8.42 Å². The summed E-state index contributed by atoms with van der Waals surface area (Å²) < 4.78 is 29.5. The zero-order chi connectivity index (χ0) is 21.7. The number of nitrogens with one attached hydrogen (secondary N) is 1. The Bertz CT molecular complexity index is 1110. The number of sulfonamides is 1. The molecule has 4 rings (SSSR count). The Morgan fingerprint density at radius 1 is 0.871 bits per heavy atom. The van der Waals surface area contributed by atoms with Crippen molar-refractivity contribution in [2.45, 2.75) is 17.4 Å². The van der Waals surface area contributed by atoms with E-state index in [1.165, 1.54) is 0 Å². The van der Waals surface area contributed by atoms with E-state index >= 15 is 0 Å². The van der Waals surface area contributed by atoms with Crippen molar-refractivity contribution in [3.05, 3.63) is 96.1 Å². The largest absolute Gasteiger partial charge is 0.396 e. The topological polar surface area (TPSA) is 82.0 Å². The minimum absolute atomic E-state index is 0.0494. The molecule has 0 unspecified atom stereocenters. The molecule has 0 saturated carbocycles. The highest BCUT2D eigenvalue weighted by molar-refractivity contribution is 7.90. The fraction of sp³-hybridized carbons (Fsp3) is 0.208. The minimum atomic E-state index is -3.76. The summed E-state index contributed by atoms with van der Waals surface area (Å²) in [5.41, 5.74) is 2.71. The first kappa shape index (κ1) is 21.2. The highest BCUT2D eigenvalue weighted by Crippen LogP contribution is 2.31. The molecule has 0 amide bonds. The van der Waals surface area contributed by atoms with Crippen LogP contribution in [0.15, 0.2) is 94.2 Å². The molecule has 31 heavy (non-hydrogen) atoms. The summed E-state index contributed by atoms with van der Waals surface area (Å²) in [7, 11) is -3.76. The van der Waals surface area contributed by atoms with Crippen molar-refractivity contribution in [1.29, 1.82) is 0 Å². The van der Waals surface area contributed by atoms with E-state index in [-0.39, 0.29) is 17.5 Å². The van der Waals surface area contributed by atoms with E-state index in [9.17, 15) is 13.5 Å². The summed E-state index contributed by atoms with van der Waals surface area (Å²) in [4.78, 5) is 2.33. The zero-order valence-electron chi connectivity index (χ0n) is 17.1. The smallest absolute Gasteiger partial charge is 0.286 e. The van der Waals surface area contributed by atoms with Crippen molar-refractivity contribution < 1.29 is 13.5 Å². The van der Waals surface area contributed by atoms with Gasteiger partial charge in [0.25, 0.3) is 10.0 Å². The lowest BCUT2D eigenvalue weighted by Gasteiger charge is -2.33. The van der Waals surface area contributed by atoms with E-state index in [1.807, 2.05) is 36.4 Å². The Balaban J connectivity index is 1.72. The third-order valence-electron chi connectivity index (χ3n) is 5.23. The van der Waals surface area contributed by atoms with Crippen LogP contribution in [0.2, 0.25) is 0 Å². The summed E-state index contributed by atoms with van der Waals surface area (Å²) in [6, 6.07) is 26.8. The quantitative estimate of drug-likeness (QED) is 0.564. The van der Waals surface area contributed by atoms with Crippen LogP contribution in [0, 0.1) is 0 Å². The van der Waals surface area contributed by atoms with Crippen molar-refractivity contribution in [3.63, 3.8) is 0 Å². The van der Waals surface area contributed by atoms with Gasteiger partial charge in [0.1, 0.15) is 10.7 Å². The summed E-state index contributed by atoms with van der Waals surface area (Å²) in [6.45, 7) is 0.920. The van der Waals surface area contributed by atoms with Crippen LogP contribution in [0.1, 0.15) is 23.6 Å². The maximum Gasteiger partial charge on any atom is 0.286 e. The highest BCUT2D eigenvalue weighted by Gasteiger charge is 2.28. The molecular weight excluding hydrogens is 410 g/mol. The second-order valence-corrected chi connectivity index (χ2v) is 8.98. The molecule has 2 N–H and O–H groups in total. The molecule has 3 aromatic carbocycles. The number of fused-ring (bicyclic) bond motifs is 1. The Morgan fingerprint density at radius 2 is 1.45 bits per heavy atom. The number of aliphatic hydroxyl groups excluding tert-OH is 1. The maximum atomic E-state index is 12.7. The molecule has 7 heteroatoms. The van der Waals surface area contributed by atoms with Crippen LogP contribution in [0.25, 0.3) is 0 Å². The first-order valence-electron chi connectivity index (χ1n) is 10.2. The van der Waals surface area contributed by atoms with Crippen LogP contribution in [0.3, 0.4) is 0 Å². The highest BCUT2D eigenvalue weighted by atomic mass is 32.2. The molecule has 0 atom stereocenters. The van der Waals surface area contributed by atoms with Crippen LogP contribution < -0.4 is 5.32 Å². The number of amidine groups is 1. The minimum Gasteiger partial charge on any atom is -0.396 e. The number of anilines is 1. The molecule has 1 aliphatic heterocycles. The molecule has 0 bridgehead atoms. The zero-order valence-corrected chi connectivity index (χ0v) is 17.9. The van der Waals surface area contributed by atoms with E-state index in [4.69, 9.17) is 0 Å². The van der Waals surface area contributed by atoms with Gasteiger partial charge in [-0.25, -0.2) is 0 Å². The number of benzene rings is 3. The normalized spacial score (nSPS) is 14.7. The van der Waals surface area contributed by atoms with Gasteiger partial charge in [-0.05, 0) is 29.7 Å². The summed E-state index contributed by atoms with van der Waals surface area (Å²) >= 11 is 0. The van der Waals surface area contributed by atoms with Gasteiger partial charge >= 0.3 is 0 Å². The van der Waals surface area contributed by atoms with Crippen molar-refractivity contribution in [2.75, 3.05) is 25.0 Å². The average Bonchev–Trinajstić information content (AvgIpc) is 2.78. The van der Waals surface area contributed by atoms with Gasteiger partial charge in [-0.15, -0.1) is 4.40 Å². The standard InChI is InChI=1S/C24H25N3O3S/c28-17-9-16-27(18-23-25-21-14-7-8-15-22(21)31(29,30)26-23)24(19-10-3-1-4-11-19)20-12-5-2-6-13-20/h1-8,10-15,24,28H,9,16-18H2,(H,25,26). The number of nitrogens with zero attached hydrogens (tertiary/aromatic N) is 2. The van der Waals surface area contributed by atoms with E-state index in [0.717, 1.165) is 11.1 Å². The van der Waals surface area contributed by atoms with Gasteiger partial charge in [-0.3, -0.25) is 4.90 Å². The van der Waals surface area contributed by atoms with Crippen molar-refractivity contribution in [1.82, 2.24) is 4.90 Å². The molecule has 6 nitrogen and oxygen atoms in total. The number of aliphatic hydroxyl groups is 1. The Kier molecular flexibility index (Phi) is 6.46. The fourth-order valence-corrected chi connectivity index (χ4v) is 5.03. The van der Waals surface area contributed by atoms with Gasteiger partial charge in [-0.1, -0.05) is 72.8 Å². The molecule has 0 saturated heterocycles. The molecule has 0 spiro atoms. The van der Waals surface area contributed by atoms with Crippen LogP contribution in [0.5, 0.6) is 0 Å². The number of hydrogen-bond donors (Lipinski definition) is 2. The van der Waals surface area contributed by atoms with Gasteiger partial charge < -0.3 is 10.4 Å². The average molecular weight is 436 g/mol. The van der Waals surface area contributed by atoms with Gasteiger partial charge in [0, 0.05) is 13.2 Å². The van der Waals surface area contributed by atoms with E-state index < -0.39 is 10.0 Å². The second-order valence-electron chi connectivity index (χ2n) is 7.41. The third-order valence-corrected chi connectivity index (χ3v) is 6.60. The molecule has 0 aromatic heterocycles. The summed E-state index contributed by atoms with van der Waals surface area (Å²) in [5.74, 6) is 0.369. The van der Waals surface area contributed by atoms with Crippen LogP contribution in [-0.2, 0) is 10.0 Å². The number of para-hydroxylation sites is 1. The molecule has 0 fully saturated rings. The first-order valence-corrected chi connectivity index (χ1v) is 11.7. The monoisotopic (exact) mass is 435 g/mol. The second kappa shape index (κ2) is 9.43. The predicted molar refractivity (Wildman–Crippen MR) is 123 cm³/mol. The Morgan fingerprint density at radius 3 is 2.06 bits per heavy atom. The maximum absolute atomic E-state index is 12.7. The van der Waals surface area contributed by atoms with Gasteiger partial charge in [0.05, 0.1) is 18.3 Å². The van der Waals surface area contributed by atoms with Crippen molar-refractivity contribution in [2.24, 2.45) is 4.40 Å². The molecule has 1 aliphatic rings. The summed E-state index contributed by atoms with van der Waals surface area (Å²) in [5, 5.41) is 12.7. The van der Waals surface area contributed by atoms with Crippen LogP contribution in [-0.4, -0.2) is 44.0 Å². The van der Waals surface area contributed by atoms with Crippen LogP contribution in [0.4, 0.5) is 5.69 Å². The van der Waals surface area contributed by atoms with E-state index in [0.29, 0.717) is 31.0 Å². The van der Waals surface area contributed by atoms with Gasteiger partial charge in [0.2, 0.25) is 0 Å². The fourth-order valence-electron chi connectivity index (χ4n) is 3.89. The SMILES string of the molecule is O=S1(=O)N=C(CN(CCCO)C(c2ccccc2)c2ccccc2)Nc2ccccc21. The Hall–Kier alpha value is -3.00. The van der Waals surface area contributed by atoms with E-state index in [1.54, 1.807) is 24.3 Å². The molecule has 160 valence electrons. The molecule has 0 radical (unpaired) electrons. The lowest BCUT2D eigenvalue weighted by atomic mass is 9.96. The van der Waals surface area contributed by atoms with Crippen LogP contribution >= 0.6 is 0 Å². The number of hydrogen-bond acceptors (Lipinski definition) is 5.